The van der Waals surface area contributed by atoms with Crippen molar-refractivity contribution in [1.29, 1.82) is 0 Å². The van der Waals surface area contributed by atoms with E-state index in [4.69, 9.17) is 4.74 Å². The van der Waals surface area contributed by atoms with Crippen LogP contribution in [0.1, 0.15) is 49.7 Å². The van der Waals surface area contributed by atoms with Gasteiger partial charge < -0.3 is 9.84 Å². The van der Waals surface area contributed by atoms with Gasteiger partial charge in [-0.3, -0.25) is 4.79 Å². The Bertz CT molecular complexity index is 1160. The van der Waals surface area contributed by atoms with Gasteiger partial charge in [0.05, 0.1) is 5.69 Å². The number of ketones is 1. The number of halogens is 3. The van der Waals surface area contributed by atoms with Crippen LogP contribution in [0, 0.1) is 24.6 Å². The van der Waals surface area contributed by atoms with Crippen LogP contribution in [0.15, 0.2) is 48.5 Å². The molecule has 0 fully saturated rings. The van der Waals surface area contributed by atoms with E-state index >= 15 is 0 Å². The van der Waals surface area contributed by atoms with Gasteiger partial charge in [0, 0.05) is 30.1 Å². The molecule has 0 aliphatic rings. The molecule has 0 saturated carbocycles. The number of nitrogens with zero attached hydrogens (tertiary/aromatic N) is 2. The molecule has 3 aromatic rings. The van der Waals surface area contributed by atoms with Crippen molar-refractivity contribution >= 4 is 5.78 Å². The zero-order valence-corrected chi connectivity index (χ0v) is 20.2. The highest BCUT2D eigenvalue weighted by atomic mass is 19.3. The summed E-state index contributed by atoms with van der Waals surface area (Å²) in [5.74, 6) is -1.01. The first-order valence-electron chi connectivity index (χ1n) is 11.5. The molecule has 2 atom stereocenters. The largest absolute Gasteiger partial charge is 0.433 e. The number of hydrogen-bond acceptors (Lipinski definition) is 5. The molecule has 0 amide bonds. The summed E-state index contributed by atoms with van der Waals surface area (Å²) in [5.41, 5.74) is 2.18. The minimum Gasteiger partial charge on any atom is -0.433 e. The van der Waals surface area contributed by atoms with Crippen molar-refractivity contribution in [3.05, 3.63) is 65.6 Å². The standard InChI is InChI=1S/C27H29F3N2O3/c1-5-27(29,30)35-22-8-6-19(7-9-22)23-15-24(25(34)18(4)17(3)10-11-33)32-26(31-23)20-12-16(2)13-21(28)14-20/h6-9,12-15,17-18,33H,5,10-11H2,1-4H3/t17?,18-/m0/s1. The number of alkyl halides is 2. The molecule has 1 unspecified atom stereocenters. The van der Waals surface area contributed by atoms with Crippen molar-refractivity contribution in [3.8, 4) is 28.4 Å². The number of aliphatic hydroxyl groups excluding tert-OH is 1. The van der Waals surface area contributed by atoms with Gasteiger partial charge in [-0.2, -0.15) is 8.78 Å². The molecule has 0 saturated heterocycles. The molecule has 0 bridgehead atoms. The van der Waals surface area contributed by atoms with E-state index in [-0.39, 0.29) is 35.6 Å². The molecule has 8 heteroatoms. The number of benzene rings is 2. The van der Waals surface area contributed by atoms with Crippen LogP contribution in [0.2, 0.25) is 0 Å². The Labute approximate surface area is 203 Å². The zero-order valence-electron chi connectivity index (χ0n) is 20.2. The molecule has 35 heavy (non-hydrogen) atoms. The predicted molar refractivity (Wildman–Crippen MR) is 128 cm³/mol. The van der Waals surface area contributed by atoms with E-state index in [0.717, 1.165) is 0 Å². The molecule has 0 aliphatic carbocycles. The van der Waals surface area contributed by atoms with E-state index in [1.165, 1.54) is 37.3 Å². The van der Waals surface area contributed by atoms with Crippen LogP contribution >= 0.6 is 0 Å². The summed E-state index contributed by atoms with van der Waals surface area (Å²) in [6.07, 6.45) is -3.28. The number of carbonyl (C=O) groups excluding carboxylic acids is 1. The van der Waals surface area contributed by atoms with Crippen molar-refractivity contribution in [1.82, 2.24) is 9.97 Å². The van der Waals surface area contributed by atoms with E-state index in [1.807, 2.05) is 6.92 Å². The maximum atomic E-state index is 14.1. The molecule has 186 valence electrons. The molecule has 0 radical (unpaired) electrons. The fourth-order valence-electron chi connectivity index (χ4n) is 3.60. The summed E-state index contributed by atoms with van der Waals surface area (Å²) >= 11 is 0. The van der Waals surface area contributed by atoms with E-state index < -0.39 is 24.3 Å². The van der Waals surface area contributed by atoms with Crippen LogP contribution in [-0.2, 0) is 0 Å². The fourth-order valence-corrected chi connectivity index (χ4v) is 3.60. The summed E-state index contributed by atoms with van der Waals surface area (Å²) in [5, 5.41) is 9.25. The average molecular weight is 487 g/mol. The Morgan fingerprint density at radius 1 is 1.06 bits per heavy atom. The molecule has 0 spiro atoms. The second kappa shape index (κ2) is 11.0. The first-order chi connectivity index (χ1) is 16.5. The Morgan fingerprint density at radius 2 is 1.74 bits per heavy atom. The van der Waals surface area contributed by atoms with Gasteiger partial charge in [-0.05, 0) is 73.4 Å². The lowest BCUT2D eigenvalue weighted by molar-refractivity contribution is -0.177. The third-order valence-corrected chi connectivity index (χ3v) is 5.96. The van der Waals surface area contributed by atoms with Gasteiger partial charge in [0.15, 0.2) is 11.6 Å². The highest BCUT2D eigenvalue weighted by Gasteiger charge is 2.28. The van der Waals surface area contributed by atoms with Crippen LogP contribution in [0.25, 0.3) is 22.6 Å². The smallest absolute Gasteiger partial charge is 0.397 e. The third-order valence-electron chi connectivity index (χ3n) is 5.96. The first-order valence-corrected chi connectivity index (χ1v) is 11.5. The molecular formula is C27H29F3N2O3. The van der Waals surface area contributed by atoms with Crippen molar-refractivity contribution in [3.63, 3.8) is 0 Å². The highest BCUT2D eigenvalue weighted by Crippen LogP contribution is 2.29. The number of Topliss-reactive ketones (excluding diaryl/α,β-unsaturated/α-hetero) is 1. The Balaban J connectivity index is 2.07. The second-order valence-electron chi connectivity index (χ2n) is 8.74. The number of ether oxygens (including phenoxy) is 1. The minimum atomic E-state index is -3.28. The fraction of sp³-hybridized carbons (Fsp3) is 0.370. The Kier molecular flexibility index (Phi) is 8.27. The lowest BCUT2D eigenvalue weighted by Gasteiger charge is -2.18. The second-order valence-corrected chi connectivity index (χ2v) is 8.74. The molecule has 1 heterocycles. The molecule has 5 nitrogen and oxygen atoms in total. The van der Waals surface area contributed by atoms with E-state index in [2.05, 4.69) is 9.97 Å². The van der Waals surface area contributed by atoms with Gasteiger partial charge in [0.2, 0.25) is 0 Å². The van der Waals surface area contributed by atoms with Crippen LogP contribution in [0.4, 0.5) is 13.2 Å². The lowest BCUT2D eigenvalue weighted by Crippen LogP contribution is -2.23. The normalized spacial score (nSPS) is 13.4. The van der Waals surface area contributed by atoms with Crippen LogP contribution in [0.5, 0.6) is 5.75 Å². The molecule has 0 aliphatic heterocycles. The number of hydrogen-bond donors (Lipinski definition) is 1. The van der Waals surface area contributed by atoms with E-state index in [0.29, 0.717) is 28.8 Å². The zero-order chi connectivity index (χ0) is 25.8. The van der Waals surface area contributed by atoms with Crippen LogP contribution < -0.4 is 4.74 Å². The number of carbonyl (C=O) groups is 1. The van der Waals surface area contributed by atoms with Crippen molar-refractivity contribution < 1.29 is 27.8 Å². The molecule has 1 aromatic heterocycles. The summed E-state index contributed by atoms with van der Waals surface area (Å²) < 4.78 is 46.0. The highest BCUT2D eigenvalue weighted by molar-refractivity contribution is 5.97. The monoisotopic (exact) mass is 486 g/mol. The predicted octanol–water partition coefficient (Wildman–Crippen LogP) is 6.48. The summed E-state index contributed by atoms with van der Waals surface area (Å²) in [6.45, 7) is 6.68. The van der Waals surface area contributed by atoms with Crippen molar-refractivity contribution in [2.75, 3.05) is 6.61 Å². The number of aromatic nitrogens is 2. The van der Waals surface area contributed by atoms with Gasteiger partial charge in [0.25, 0.3) is 0 Å². The van der Waals surface area contributed by atoms with Crippen LogP contribution in [-0.4, -0.2) is 33.6 Å². The summed E-state index contributed by atoms with van der Waals surface area (Å²) in [4.78, 5) is 22.2. The maximum absolute atomic E-state index is 14.1. The van der Waals surface area contributed by atoms with Crippen molar-refractivity contribution in [2.24, 2.45) is 11.8 Å². The van der Waals surface area contributed by atoms with Gasteiger partial charge in [-0.25, -0.2) is 14.4 Å². The average Bonchev–Trinajstić information content (AvgIpc) is 2.82. The Morgan fingerprint density at radius 3 is 2.34 bits per heavy atom. The number of rotatable bonds is 10. The number of aliphatic hydroxyl groups is 1. The third kappa shape index (κ3) is 6.66. The molecule has 2 aromatic carbocycles. The van der Waals surface area contributed by atoms with E-state index in [1.54, 1.807) is 32.0 Å². The van der Waals surface area contributed by atoms with Crippen molar-refractivity contribution in [2.45, 2.75) is 46.6 Å². The minimum absolute atomic E-state index is 0.00150. The van der Waals surface area contributed by atoms with Gasteiger partial charge >= 0.3 is 6.11 Å². The maximum Gasteiger partial charge on any atom is 0.397 e. The summed E-state index contributed by atoms with van der Waals surface area (Å²) in [7, 11) is 0. The summed E-state index contributed by atoms with van der Waals surface area (Å²) in [6, 6.07) is 11.9. The van der Waals surface area contributed by atoms with E-state index in [9.17, 15) is 23.1 Å². The van der Waals surface area contributed by atoms with Crippen LogP contribution in [0.3, 0.4) is 0 Å². The van der Waals surface area contributed by atoms with Gasteiger partial charge in [-0.1, -0.05) is 20.8 Å². The lowest BCUT2D eigenvalue weighted by atomic mass is 9.88. The SMILES string of the molecule is CCC(F)(F)Oc1ccc(-c2cc(C(=O)[C@@H](C)C(C)CCO)nc(-c3cc(C)cc(F)c3)n2)cc1. The topological polar surface area (TPSA) is 72.3 Å². The van der Waals surface area contributed by atoms with Gasteiger partial charge in [0.1, 0.15) is 17.3 Å². The first kappa shape index (κ1) is 26.3. The molecule has 1 N–H and O–H groups in total. The quantitative estimate of drug-likeness (QED) is 0.332. The molecule has 3 rings (SSSR count). The molecular weight excluding hydrogens is 457 g/mol. The number of aryl methyl sites for hydroxylation is 1. The Hall–Kier alpha value is -3.26. The van der Waals surface area contributed by atoms with Gasteiger partial charge in [-0.15, -0.1) is 0 Å².